The van der Waals surface area contributed by atoms with Gasteiger partial charge in [0, 0.05) is 24.7 Å². The van der Waals surface area contributed by atoms with E-state index in [1.54, 1.807) is 6.92 Å². The van der Waals surface area contributed by atoms with E-state index in [9.17, 15) is 29.6 Å². The lowest BCUT2D eigenvalue weighted by molar-refractivity contribution is -0.384. The summed E-state index contributed by atoms with van der Waals surface area (Å²) in [6.45, 7) is 1.35. The van der Waals surface area contributed by atoms with Crippen LogP contribution in [-0.2, 0) is 14.4 Å². The van der Waals surface area contributed by atoms with Gasteiger partial charge in [-0.1, -0.05) is 0 Å². The molecule has 2 heterocycles. The van der Waals surface area contributed by atoms with E-state index in [-0.39, 0.29) is 36.8 Å². The van der Waals surface area contributed by atoms with Crippen LogP contribution in [0.2, 0.25) is 0 Å². The molecule has 2 atom stereocenters. The molecule has 0 radical (unpaired) electrons. The zero-order chi connectivity index (χ0) is 19.0. The first-order valence-corrected chi connectivity index (χ1v) is 8.03. The van der Waals surface area contributed by atoms with Gasteiger partial charge in [0.05, 0.1) is 16.5 Å². The van der Waals surface area contributed by atoms with Gasteiger partial charge < -0.3 is 14.7 Å². The lowest BCUT2D eigenvalue weighted by Crippen LogP contribution is -2.48. The number of fused-ring (bicyclic) bond motifs is 1. The highest BCUT2D eigenvalue weighted by atomic mass is 16.6. The Bertz CT molecular complexity index is 794. The summed E-state index contributed by atoms with van der Waals surface area (Å²) in [6.07, 6.45) is 0.349. The molecule has 10 heteroatoms. The van der Waals surface area contributed by atoms with Gasteiger partial charge in [-0.15, -0.1) is 0 Å². The number of carbonyl (C=O) groups excluding carboxylic acids is 2. The number of carboxylic acid groups (broad SMARTS) is 1. The second kappa shape index (κ2) is 6.62. The Morgan fingerprint density at radius 3 is 2.77 bits per heavy atom. The molecule has 2 amide bonds. The van der Waals surface area contributed by atoms with E-state index in [0.717, 1.165) is 4.90 Å². The summed E-state index contributed by atoms with van der Waals surface area (Å²) < 4.78 is 5.26. The summed E-state index contributed by atoms with van der Waals surface area (Å²) in [6, 6.07) is 3.35. The molecule has 10 nitrogen and oxygen atoms in total. The normalized spacial score (nSPS) is 22.0. The van der Waals surface area contributed by atoms with Crippen molar-refractivity contribution in [2.24, 2.45) is 5.92 Å². The predicted octanol–water partition coefficient (Wildman–Crippen LogP) is 0.642. The van der Waals surface area contributed by atoms with Crippen LogP contribution in [0.3, 0.4) is 0 Å². The number of nitrogens with zero attached hydrogens (tertiary/aromatic N) is 3. The number of carboxylic acids is 1. The van der Waals surface area contributed by atoms with Crippen molar-refractivity contribution in [3.8, 4) is 5.75 Å². The molecule has 3 rings (SSSR count). The summed E-state index contributed by atoms with van der Waals surface area (Å²) in [5, 5.41) is 20.2. The van der Waals surface area contributed by atoms with Gasteiger partial charge in [-0.05, 0) is 19.4 Å². The molecule has 1 N–H and O–H groups in total. The number of aliphatic carboxylic acids is 1. The minimum Gasteiger partial charge on any atom is -0.482 e. The molecule has 138 valence electrons. The topological polar surface area (TPSA) is 130 Å². The molecule has 2 aliphatic rings. The van der Waals surface area contributed by atoms with Gasteiger partial charge in [-0.3, -0.25) is 29.4 Å². The van der Waals surface area contributed by atoms with Crippen LogP contribution in [0.1, 0.15) is 13.3 Å². The number of anilines is 1. The second-order valence-corrected chi connectivity index (χ2v) is 6.24. The van der Waals surface area contributed by atoms with Crippen LogP contribution >= 0.6 is 0 Å². The summed E-state index contributed by atoms with van der Waals surface area (Å²) in [5.41, 5.74) is -0.0644. The number of rotatable bonds is 4. The van der Waals surface area contributed by atoms with Gasteiger partial charge in [-0.25, -0.2) is 0 Å². The monoisotopic (exact) mass is 363 g/mol. The van der Waals surface area contributed by atoms with E-state index in [1.165, 1.54) is 23.1 Å². The minimum absolute atomic E-state index is 0.158. The molecule has 1 fully saturated rings. The van der Waals surface area contributed by atoms with Gasteiger partial charge >= 0.3 is 5.97 Å². The Labute approximate surface area is 148 Å². The van der Waals surface area contributed by atoms with E-state index < -0.39 is 34.7 Å². The van der Waals surface area contributed by atoms with Crippen LogP contribution in [0.5, 0.6) is 5.75 Å². The molecule has 0 bridgehead atoms. The molecule has 0 aliphatic carbocycles. The quantitative estimate of drug-likeness (QED) is 0.613. The van der Waals surface area contributed by atoms with E-state index in [0.29, 0.717) is 6.42 Å². The van der Waals surface area contributed by atoms with Gasteiger partial charge in [0.1, 0.15) is 12.3 Å². The Balaban J connectivity index is 1.83. The molecular weight excluding hydrogens is 346 g/mol. The van der Waals surface area contributed by atoms with Gasteiger partial charge in [0.25, 0.3) is 11.6 Å². The largest absolute Gasteiger partial charge is 0.482 e. The molecule has 1 aromatic carbocycles. The lowest BCUT2D eigenvalue weighted by atomic mass is 10.0. The van der Waals surface area contributed by atoms with Crippen LogP contribution in [0.4, 0.5) is 11.4 Å². The maximum atomic E-state index is 12.6. The molecular formula is C16H17N3O7. The summed E-state index contributed by atoms with van der Waals surface area (Å²) in [5.74, 6) is -2.23. The fraction of sp³-hybridized carbons (Fsp3) is 0.438. The minimum atomic E-state index is -0.962. The Hall–Kier alpha value is -3.17. The third-order valence-electron chi connectivity index (χ3n) is 4.78. The van der Waals surface area contributed by atoms with Crippen molar-refractivity contribution in [2.45, 2.75) is 19.4 Å². The molecule has 2 unspecified atom stereocenters. The molecule has 2 aliphatic heterocycles. The summed E-state index contributed by atoms with van der Waals surface area (Å²) in [4.78, 5) is 49.0. The van der Waals surface area contributed by atoms with Crippen molar-refractivity contribution in [2.75, 3.05) is 24.6 Å². The van der Waals surface area contributed by atoms with Gasteiger partial charge in [0.2, 0.25) is 5.91 Å². The van der Waals surface area contributed by atoms with Crippen molar-refractivity contribution in [1.29, 1.82) is 0 Å². The molecule has 1 aromatic rings. The van der Waals surface area contributed by atoms with Crippen LogP contribution in [0.15, 0.2) is 18.2 Å². The fourth-order valence-corrected chi connectivity index (χ4v) is 3.33. The average Bonchev–Trinajstić information content (AvgIpc) is 2.98. The third-order valence-corrected chi connectivity index (χ3v) is 4.78. The molecule has 26 heavy (non-hydrogen) atoms. The Kier molecular flexibility index (Phi) is 4.49. The molecule has 0 saturated carbocycles. The van der Waals surface area contributed by atoms with E-state index in [2.05, 4.69) is 0 Å². The predicted molar refractivity (Wildman–Crippen MR) is 87.9 cm³/mol. The van der Waals surface area contributed by atoms with Crippen LogP contribution < -0.4 is 9.64 Å². The first-order chi connectivity index (χ1) is 12.3. The Morgan fingerprint density at radius 1 is 1.42 bits per heavy atom. The summed E-state index contributed by atoms with van der Waals surface area (Å²) in [7, 11) is 0. The maximum absolute atomic E-state index is 12.6. The van der Waals surface area contributed by atoms with Gasteiger partial charge in [-0.2, -0.15) is 0 Å². The number of ether oxygens (including phenoxy) is 1. The molecule has 0 aromatic heterocycles. The van der Waals surface area contributed by atoms with E-state index in [4.69, 9.17) is 4.74 Å². The van der Waals surface area contributed by atoms with Gasteiger partial charge in [0.15, 0.2) is 6.61 Å². The highest BCUT2D eigenvalue weighted by molar-refractivity contribution is 6.02. The summed E-state index contributed by atoms with van der Waals surface area (Å²) >= 11 is 0. The standard InChI is InChI=1S/C16H17N3O7/c1-9-11(16(22)23)4-5-17(9)14(20)7-18-12-6-10(19(24)25)2-3-13(12)26-8-15(18)21/h2-3,6,9,11H,4-5,7-8H2,1H3,(H,22,23). The first kappa shape index (κ1) is 17.6. The van der Waals surface area contributed by atoms with E-state index >= 15 is 0 Å². The second-order valence-electron chi connectivity index (χ2n) is 6.24. The van der Waals surface area contributed by atoms with Crippen molar-refractivity contribution >= 4 is 29.2 Å². The molecule has 1 saturated heterocycles. The third kappa shape index (κ3) is 3.05. The lowest BCUT2D eigenvalue weighted by Gasteiger charge is -2.31. The number of carbonyl (C=O) groups is 3. The van der Waals surface area contributed by atoms with E-state index in [1.807, 2.05) is 0 Å². The number of likely N-dealkylation sites (tertiary alicyclic amines) is 1. The number of nitro benzene ring substituents is 1. The fourth-order valence-electron chi connectivity index (χ4n) is 3.33. The van der Waals surface area contributed by atoms with Crippen LogP contribution in [-0.4, -0.2) is 58.5 Å². The number of hydrogen-bond acceptors (Lipinski definition) is 6. The number of non-ortho nitro benzene ring substituents is 1. The van der Waals surface area contributed by atoms with Crippen LogP contribution in [0.25, 0.3) is 0 Å². The molecule has 0 spiro atoms. The van der Waals surface area contributed by atoms with Crippen molar-refractivity contribution in [3.63, 3.8) is 0 Å². The number of nitro groups is 1. The number of hydrogen-bond donors (Lipinski definition) is 1. The van der Waals surface area contributed by atoms with Crippen molar-refractivity contribution in [3.05, 3.63) is 28.3 Å². The maximum Gasteiger partial charge on any atom is 0.308 e. The average molecular weight is 363 g/mol. The number of benzene rings is 1. The highest BCUT2D eigenvalue weighted by Crippen LogP contribution is 2.35. The highest BCUT2D eigenvalue weighted by Gasteiger charge is 2.39. The number of amides is 2. The SMILES string of the molecule is CC1C(C(=O)O)CCN1C(=O)CN1C(=O)COc2ccc([N+](=O)[O-])cc21. The van der Waals surface area contributed by atoms with Crippen LogP contribution in [0, 0.1) is 16.0 Å². The van der Waals surface area contributed by atoms with Crippen molar-refractivity contribution in [1.82, 2.24) is 4.90 Å². The Morgan fingerprint density at radius 2 is 2.15 bits per heavy atom. The zero-order valence-electron chi connectivity index (χ0n) is 14.0. The first-order valence-electron chi connectivity index (χ1n) is 8.03. The van der Waals surface area contributed by atoms with Crippen molar-refractivity contribution < 1.29 is 29.2 Å². The zero-order valence-corrected chi connectivity index (χ0v) is 14.0. The smallest absolute Gasteiger partial charge is 0.308 e.